The molecule has 0 fully saturated rings. The highest BCUT2D eigenvalue weighted by Crippen LogP contribution is 2.15. The third-order valence-corrected chi connectivity index (χ3v) is 5.29. The molecule has 1 N–H and O–H groups in total. The minimum Gasteiger partial charge on any atom is -0.494 e. The molecule has 0 radical (unpaired) electrons. The van der Waals surface area contributed by atoms with Crippen molar-refractivity contribution in [1.29, 1.82) is 5.26 Å². The van der Waals surface area contributed by atoms with Gasteiger partial charge in [0.2, 0.25) is 15.8 Å². The Labute approximate surface area is 169 Å². The maximum absolute atomic E-state index is 12.4. The third-order valence-electron chi connectivity index (χ3n) is 3.83. The number of hydrogen-bond donors (Lipinski definition) is 1. The number of rotatable bonds is 9. The van der Waals surface area contributed by atoms with Crippen molar-refractivity contribution in [2.75, 3.05) is 13.2 Å². The minimum atomic E-state index is -4.09. The van der Waals surface area contributed by atoms with Crippen LogP contribution in [-0.2, 0) is 19.6 Å². The summed E-state index contributed by atoms with van der Waals surface area (Å²) < 4.78 is 37.0. The Hall–Kier alpha value is -3.22. The summed E-state index contributed by atoms with van der Waals surface area (Å²) in [5, 5.41) is 9.02. The summed E-state index contributed by atoms with van der Waals surface area (Å²) in [6.07, 6.45) is -1.10. The normalized spacial score (nSPS) is 11.9. The zero-order valence-electron chi connectivity index (χ0n) is 15.9. The fourth-order valence-electron chi connectivity index (χ4n) is 2.43. The predicted octanol–water partition coefficient (Wildman–Crippen LogP) is 2.05. The summed E-state index contributed by atoms with van der Waals surface area (Å²) in [6, 6.07) is 13.7. The third kappa shape index (κ3) is 5.88. The van der Waals surface area contributed by atoms with Crippen LogP contribution >= 0.6 is 0 Å². The SMILES string of the molecule is CCOc1ccc(C(=O)[C@H](C)OC(=O)CNS(=O)(=O)c2ccccc2C#N)cc1. The zero-order chi connectivity index (χ0) is 21.4. The molecule has 2 aromatic rings. The van der Waals surface area contributed by atoms with Crippen LogP contribution in [0.2, 0.25) is 0 Å². The van der Waals surface area contributed by atoms with Crippen LogP contribution in [-0.4, -0.2) is 39.4 Å². The molecule has 2 aromatic carbocycles. The molecule has 9 heteroatoms. The second kappa shape index (κ2) is 9.82. The van der Waals surface area contributed by atoms with E-state index in [1.54, 1.807) is 30.3 Å². The molecule has 8 nitrogen and oxygen atoms in total. The minimum absolute atomic E-state index is 0.0487. The van der Waals surface area contributed by atoms with Crippen LogP contribution in [0.15, 0.2) is 53.4 Å². The van der Waals surface area contributed by atoms with E-state index in [4.69, 9.17) is 14.7 Å². The van der Waals surface area contributed by atoms with E-state index in [-0.39, 0.29) is 10.5 Å². The van der Waals surface area contributed by atoms with Gasteiger partial charge >= 0.3 is 5.97 Å². The zero-order valence-corrected chi connectivity index (χ0v) is 16.7. The maximum atomic E-state index is 12.4. The molecule has 29 heavy (non-hydrogen) atoms. The van der Waals surface area contributed by atoms with Gasteiger partial charge in [0.1, 0.15) is 18.4 Å². The fraction of sp³-hybridized carbons (Fsp3) is 0.250. The van der Waals surface area contributed by atoms with Crippen molar-refractivity contribution < 1.29 is 27.5 Å². The summed E-state index contributed by atoms with van der Waals surface area (Å²) >= 11 is 0. The van der Waals surface area contributed by atoms with E-state index >= 15 is 0 Å². The Morgan fingerprint density at radius 1 is 1.14 bits per heavy atom. The van der Waals surface area contributed by atoms with Gasteiger partial charge in [-0.25, -0.2) is 8.42 Å². The lowest BCUT2D eigenvalue weighted by Gasteiger charge is -2.13. The van der Waals surface area contributed by atoms with E-state index in [9.17, 15) is 18.0 Å². The highest BCUT2D eigenvalue weighted by atomic mass is 32.2. The first-order valence-electron chi connectivity index (χ1n) is 8.74. The highest BCUT2D eigenvalue weighted by molar-refractivity contribution is 7.89. The Morgan fingerprint density at radius 2 is 1.79 bits per heavy atom. The summed E-state index contributed by atoms with van der Waals surface area (Å²) in [5.41, 5.74) is 0.282. The second-order valence-corrected chi connectivity index (χ2v) is 7.62. The van der Waals surface area contributed by atoms with Gasteiger partial charge in [-0.3, -0.25) is 9.59 Å². The summed E-state index contributed by atoms with van der Waals surface area (Å²) in [7, 11) is -4.09. The monoisotopic (exact) mass is 416 g/mol. The number of ketones is 1. The maximum Gasteiger partial charge on any atom is 0.321 e. The standard InChI is InChI=1S/C20H20N2O6S/c1-3-27-17-10-8-15(9-11-17)20(24)14(2)28-19(23)13-22-29(25,26)18-7-5-4-6-16(18)12-21/h4-11,14,22H,3,13H2,1-2H3/t14-/m0/s1. The smallest absolute Gasteiger partial charge is 0.321 e. The number of hydrogen-bond acceptors (Lipinski definition) is 7. The molecule has 0 unspecified atom stereocenters. The van der Waals surface area contributed by atoms with Crippen molar-refractivity contribution in [3.8, 4) is 11.8 Å². The van der Waals surface area contributed by atoms with Gasteiger partial charge in [0.15, 0.2) is 6.10 Å². The number of nitrogens with zero attached hydrogens (tertiary/aromatic N) is 1. The summed E-state index contributed by atoms with van der Waals surface area (Å²) in [5.74, 6) is -0.741. The van der Waals surface area contributed by atoms with Crippen molar-refractivity contribution >= 4 is 21.8 Å². The van der Waals surface area contributed by atoms with Crippen molar-refractivity contribution in [2.24, 2.45) is 0 Å². The Morgan fingerprint density at radius 3 is 2.41 bits per heavy atom. The number of carbonyl (C=O) groups is 2. The Bertz CT molecular complexity index is 1030. The fourth-order valence-corrected chi connectivity index (χ4v) is 3.56. The number of sulfonamides is 1. The number of nitrogens with one attached hydrogen (secondary N) is 1. The number of nitriles is 1. The molecule has 0 heterocycles. The van der Waals surface area contributed by atoms with Gasteiger partial charge < -0.3 is 9.47 Å². The molecule has 0 amide bonds. The predicted molar refractivity (Wildman–Crippen MR) is 104 cm³/mol. The molecule has 0 aliphatic heterocycles. The van der Waals surface area contributed by atoms with Crippen LogP contribution in [0, 0.1) is 11.3 Å². The van der Waals surface area contributed by atoms with Gasteiger partial charge in [-0.05, 0) is 50.2 Å². The van der Waals surface area contributed by atoms with E-state index in [1.807, 2.05) is 6.92 Å². The van der Waals surface area contributed by atoms with Gasteiger partial charge in [-0.2, -0.15) is 9.98 Å². The van der Waals surface area contributed by atoms with E-state index in [2.05, 4.69) is 4.72 Å². The topological polar surface area (TPSA) is 123 Å². The Kier molecular flexibility index (Phi) is 7.47. The van der Waals surface area contributed by atoms with Crippen LogP contribution in [0.3, 0.4) is 0 Å². The van der Waals surface area contributed by atoms with Gasteiger partial charge in [0.25, 0.3) is 0 Å². The lowest BCUT2D eigenvalue weighted by Crippen LogP contribution is -2.34. The van der Waals surface area contributed by atoms with Crippen molar-refractivity contribution in [2.45, 2.75) is 24.8 Å². The molecular weight excluding hydrogens is 396 g/mol. The molecule has 0 aromatic heterocycles. The lowest BCUT2D eigenvalue weighted by molar-refractivity contribution is -0.144. The van der Waals surface area contributed by atoms with Gasteiger partial charge in [-0.1, -0.05) is 12.1 Å². The van der Waals surface area contributed by atoms with E-state index in [0.29, 0.717) is 17.9 Å². The molecule has 0 spiro atoms. The molecule has 0 saturated carbocycles. The Balaban J connectivity index is 1.96. The first-order valence-corrected chi connectivity index (χ1v) is 10.2. The number of Topliss-reactive ketones (excluding diaryl/α,β-unsaturated/α-hetero) is 1. The van der Waals surface area contributed by atoms with Gasteiger partial charge in [-0.15, -0.1) is 0 Å². The van der Waals surface area contributed by atoms with Crippen molar-refractivity contribution in [3.05, 3.63) is 59.7 Å². The van der Waals surface area contributed by atoms with Gasteiger partial charge in [0.05, 0.1) is 17.1 Å². The van der Waals surface area contributed by atoms with Crippen LogP contribution in [0.5, 0.6) is 5.75 Å². The van der Waals surface area contributed by atoms with E-state index in [0.717, 1.165) is 0 Å². The molecule has 0 aliphatic rings. The second-order valence-electron chi connectivity index (χ2n) is 5.89. The molecular formula is C20H20N2O6S. The quantitative estimate of drug-likeness (QED) is 0.490. The highest BCUT2D eigenvalue weighted by Gasteiger charge is 2.23. The van der Waals surface area contributed by atoms with Crippen LogP contribution in [0.1, 0.15) is 29.8 Å². The number of esters is 1. The number of ether oxygens (including phenoxy) is 2. The number of carbonyl (C=O) groups excluding carboxylic acids is 2. The lowest BCUT2D eigenvalue weighted by atomic mass is 10.1. The van der Waals surface area contributed by atoms with E-state index < -0.39 is 34.4 Å². The van der Waals surface area contributed by atoms with Crippen LogP contribution in [0.4, 0.5) is 0 Å². The van der Waals surface area contributed by atoms with Crippen LogP contribution < -0.4 is 9.46 Å². The number of benzene rings is 2. The first-order chi connectivity index (χ1) is 13.8. The summed E-state index contributed by atoms with van der Waals surface area (Å²) in [4.78, 5) is 24.1. The molecule has 0 bridgehead atoms. The molecule has 0 saturated heterocycles. The molecule has 2 rings (SSSR count). The largest absolute Gasteiger partial charge is 0.494 e. The molecule has 1 atom stereocenters. The van der Waals surface area contributed by atoms with Crippen LogP contribution in [0.25, 0.3) is 0 Å². The average Bonchev–Trinajstić information content (AvgIpc) is 2.72. The van der Waals surface area contributed by atoms with Crippen molar-refractivity contribution in [1.82, 2.24) is 4.72 Å². The van der Waals surface area contributed by atoms with E-state index in [1.165, 1.54) is 31.2 Å². The molecule has 0 aliphatic carbocycles. The van der Waals surface area contributed by atoms with Gasteiger partial charge in [0, 0.05) is 5.56 Å². The molecule has 152 valence electrons. The summed E-state index contributed by atoms with van der Waals surface area (Å²) in [6.45, 7) is 3.06. The van der Waals surface area contributed by atoms with Crippen molar-refractivity contribution in [3.63, 3.8) is 0 Å². The first kappa shape index (κ1) is 22.1. The average molecular weight is 416 g/mol.